The van der Waals surface area contributed by atoms with Gasteiger partial charge in [-0.3, -0.25) is 4.79 Å². The monoisotopic (exact) mass is 238 g/mol. The number of hydrazone groups is 1. The zero-order valence-electron chi connectivity index (χ0n) is 9.82. The van der Waals surface area contributed by atoms with Crippen LogP contribution in [-0.2, 0) is 4.79 Å². The molecule has 88 valence electrons. The number of hydrogen-bond donors (Lipinski definition) is 1. The van der Waals surface area contributed by atoms with Crippen molar-refractivity contribution in [3.63, 3.8) is 0 Å². The molecule has 0 saturated heterocycles. The summed E-state index contributed by atoms with van der Waals surface area (Å²) in [4.78, 5) is 12.5. The number of nitrogens with one attached hydrogen (secondary N) is 1. The third kappa shape index (κ3) is 4.57. The fraction of sp³-hybridized carbons (Fsp3) is 0.500. The second kappa shape index (κ2) is 7.17. The van der Waals surface area contributed by atoms with E-state index in [1.807, 2.05) is 24.4 Å². The molecule has 0 fully saturated rings. The second-order valence-electron chi connectivity index (χ2n) is 3.67. The van der Waals surface area contributed by atoms with Gasteiger partial charge >= 0.3 is 0 Å². The van der Waals surface area contributed by atoms with Crippen molar-refractivity contribution in [2.45, 2.75) is 39.5 Å². The Bertz CT molecular complexity index is 344. The Morgan fingerprint density at radius 1 is 1.50 bits per heavy atom. The van der Waals surface area contributed by atoms with E-state index < -0.39 is 0 Å². The number of thiophene rings is 1. The van der Waals surface area contributed by atoms with Crippen LogP contribution in [0.2, 0.25) is 0 Å². The van der Waals surface area contributed by atoms with Crippen molar-refractivity contribution in [2.75, 3.05) is 0 Å². The average Bonchev–Trinajstić information content (AvgIpc) is 2.79. The maximum atomic E-state index is 11.4. The second-order valence-corrected chi connectivity index (χ2v) is 4.61. The van der Waals surface area contributed by atoms with Gasteiger partial charge in [0.15, 0.2) is 0 Å². The van der Waals surface area contributed by atoms with Gasteiger partial charge in [-0.2, -0.15) is 5.10 Å². The van der Waals surface area contributed by atoms with Crippen LogP contribution in [-0.4, -0.2) is 11.6 Å². The molecule has 1 rings (SSSR count). The molecule has 1 N–H and O–H groups in total. The molecule has 0 aromatic carbocycles. The van der Waals surface area contributed by atoms with Crippen molar-refractivity contribution in [1.82, 2.24) is 5.43 Å². The van der Waals surface area contributed by atoms with Gasteiger partial charge in [0.1, 0.15) is 0 Å². The molecule has 1 aromatic rings. The Hall–Kier alpha value is -1.16. The van der Waals surface area contributed by atoms with Gasteiger partial charge in [0.05, 0.1) is 5.71 Å². The van der Waals surface area contributed by atoms with Gasteiger partial charge in [0.2, 0.25) is 5.91 Å². The van der Waals surface area contributed by atoms with Gasteiger partial charge < -0.3 is 0 Å². The first-order chi connectivity index (χ1) is 7.74. The lowest BCUT2D eigenvalue weighted by molar-refractivity contribution is -0.121. The summed E-state index contributed by atoms with van der Waals surface area (Å²) in [7, 11) is 0. The molecular weight excluding hydrogens is 220 g/mol. The van der Waals surface area contributed by atoms with Crippen LogP contribution in [0.1, 0.15) is 44.4 Å². The maximum absolute atomic E-state index is 11.4. The molecule has 1 heterocycles. The number of amides is 1. The summed E-state index contributed by atoms with van der Waals surface area (Å²) >= 11 is 1.62. The van der Waals surface area contributed by atoms with E-state index in [9.17, 15) is 4.79 Å². The summed E-state index contributed by atoms with van der Waals surface area (Å²) < 4.78 is 0. The van der Waals surface area contributed by atoms with Crippen molar-refractivity contribution in [3.8, 4) is 0 Å². The van der Waals surface area contributed by atoms with Crippen molar-refractivity contribution in [3.05, 3.63) is 22.4 Å². The standard InChI is InChI=1S/C12H18N2OS/c1-3-4-5-8-12(15)14-13-10(2)11-7-6-9-16-11/h6-7,9H,3-5,8H2,1-2H3,(H,14,15)/b13-10+. The largest absolute Gasteiger partial charge is 0.273 e. The molecule has 4 heteroatoms. The Morgan fingerprint density at radius 2 is 2.31 bits per heavy atom. The third-order valence-corrected chi connectivity index (χ3v) is 3.21. The highest BCUT2D eigenvalue weighted by Gasteiger charge is 2.01. The summed E-state index contributed by atoms with van der Waals surface area (Å²) in [6.07, 6.45) is 3.73. The molecule has 0 aliphatic rings. The number of carbonyl (C=O) groups excluding carboxylic acids is 1. The van der Waals surface area contributed by atoms with Gasteiger partial charge in [-0.1, -0.05) is 25.8 Å². The van der Waals surface area contributed by atoms with Gasteiger partial charge in [0, 0.05) is 11.3 Å². The quantitative estimate of drug-likeness (QED) is 0.461. The molecule has 0 aliphatic carbocycles. The molecule has 0 bridgehead atoms. The smallest absolute Gasteiger partial charge is 0.240 e. The number of unbranched alkanes of at least 4 members (excludes halogenated alkanes) is 2. The molecule has 1 amide bonds. The molecular formula is C12H18N2OS. The lowest BCUT2D eigenvalue weighted by Crippen LogP contribution is -2.18. The minimum atomic E-state index is 0.00403. The zero-order chi connectivity index (χ0) is 11.8. The van der Waals surface area contributed by atoms with Gasteiger partial charge in [0.25, 0.3) is 0 Å². The van der Waals surface area contributed by atoms with Crippen LogP contribution in [0.25, 0.3) is 0 Å². The highest BCUT2D eigenvalue weighted by molar-refractivity contribution is 7.12. The van der Waals surface area contributed by atoms with Gasteiger partial charge in [-0.25, -0.2) is 5.43 Å². The number of nitrogens with zero attached hydrogens (tertiary/aromatic N) is 1. The third-order valence-electron chi connectivity index (χ3n) is 2.23. The molecule has 0 saturated carbocycles. The molecule has 0 atom stereocenters. The molecule has 3 nitrogen and oxygen atoms in total. The van der Waals surface area contributed by atoms with E-state index in [0.29, 0.717) is 6.42 Å². The van der Waals surface area contributed by atoms with Crippen LogP contribution in [0, 0.1) is 0 Å². The van der Waals surface area contributed by atoms with Crippen molar-refractivity contribution in [1.29, 1.82) is 0 Å². The minimum absolute atomic E-state index is 0.00403. The number of rotatable bonds is 6. The minimum Gasteiger partial charge on any atom is -0.273 e. The summed E-state index contributed by atoms with van der Waals surface area (Å²) in [5.74, 6) is 0.00403. The lowest BCUT2D eigenvalue weighted by atomic mass is 10.2. The highest BCUT2D eigenvalue weighted by Crippen LogP contribution is 2.09. The Balaban J connectivity index is 2.32. The molecule has 0 aliphatic heterocycles. The fourth-order valence-electron chi connectivity index (χ4n) is 1.28. The molecule has 0 spiro atoms. The zero-order valence-corrected chi connectivity index (χ0v) is 10.6. The Labute approximate surface area is 101 Å². The topological polar surface area (TPSA) is 41.5 Å². The number of carbonyl (C=O) groups is 1. The van der Waals surface area contributed by atoms with Crippen molar-refractivity contribution >= 4 is 23.0 Å². The van der Waals surface area contributed by atoms with Crippen LogP contribution in [0.15, 0.2) is 22.6 Å². The predicted octanol–water partition coefficient (Wildman–Crippen LogP) is 3.17. The first-order valence-corrected chi connectivity index (χ1v) is 6.49. The first kappa shape index (κ1) is 12.9. The average molecular weight is 238 g/mol. The van der Waals surface area contributed by atoms with E-state index in [1.165, 1.54) is 0 Å². The molecule has 0 radical (unpaired) electrons. The van der Waals surface area contributed by atoms with Crippen molar-refractivity contribution in [2.24, 2.45) is 5.10 Å². The van der Waals surface area contributed by atoms with E-state index in [1.54, 1.807) is 11.3 Å². The predicted molar refractivity (Wildman–Crippen MR) is 68.8 cm³/mol. The van der Waals surface area contributed by atoms with E-state index >= 15 is 0 Å². The fourth-order valence-corrected chi connectivity index (χ4v) is 1.95. The van der Waals surface area contributed by atoms with E-state index in [2.05, 4.69) is 17.5 Å². The Morgan fingerprint density at radius 3 is 2.94 bits per heavy atom. The first-order valence-electron chi connectivity index (χ1n) is 5.61. The number of hydrogen-bond acceptors (Lipinski definition) is 3. The maximum Gasteiger partial charge on any atom is 0.240 e. The van der Waals surface area contributed by atoms with Crippen LogP contribution in [0.5, 0.6) is 0 Å². The summed E-state index contributed by atoms with van der Waals surface area (Å²) in [5.41, 5.74) is 3.45. The highest BCUT2D eigenvalue weighted by atomic mass is 32.1. The van der Waals surface area contributed by atoms with E-state index in [-0.39, 0.29) is 5.91 Å². The molecule has 16 heavy (non-hydrogen) atoms. The van der Waals surface area contributed by atoms with Gasteiger partial charge in [-0.15, -0.1) is 11.3 Å². The normalized spacial score (nSPS) is 11.5. The molecule has 1 aromatic heterocycles. The molecule has 0 unspecified atom stereocenters. The SMILES string of the molecule is CCCCCC(=O)N/N=C(\C)c1cccs1. The summed E-state index contributed by atoms with van der Waals surface area (Å²) in [6, 6.07) is 3.97. The van der Waals surface area contributed by atoms with E-state index in [0.717, 1.165) is 29.9 Å². The van der Waals surface area contributed by atoms with Crippen LogP contribution >= 0.6 is 11.3 Å². The van der Waals surface area contributed by atoms with Crippen LogP contribution in [0.4, 0.5) is 0 Å². The van der Waals surface area contributed by atoms with E-state index in [4.69, 9.17) is 0 Å². The summed E-state index contributed by atoms with van der Waals surface area (Å²) in [6.45, 7) is 4.02. The summed E-state index contributed by atoms with van der Waals surface area (Å²) in [5, 5.41) is 6.07. The Kier molecular flexibility index (Phi) is 5.78. The lowest BCUT2D eigenvalue weighted by Gasteiger charge is -2.00. The van der Waals surface area contributed by atoms with Crippen LogP contribution < -0.4 is 5.43 Å². The van der Waals surface area contributed by atoms with Crippen LogP contribution in [0.3, 0.4) is 0 Å². The van der Waals surface area contributed by atoms with Gasteiger partial charge in [-0.05, 0) is 24.8 Å². The van der Waals surface area contributed by atoms with Crippen molar-refractivity contribution < 1.29 is 4.79 Å².